The van der Waals surface area contributed by atoms with Crippen LogP contribution < -0.4 is 5.32 Å². The van der Waals surface area contributed by atoms with Crippen molar-refractivity contribution in [2.24, 2.45) is 0 Å². The molecule has 1 amide bonds. The van der Waals surface area contributed by atoms with E-state index in [4.69, 9.17) is 0 Å². The van der Waals surface area contributed by atoms with Gasteiger partial charge < -0.3 is 15.5 Å². The zero-order valence-electron chi connectivity index (χ0n) is 32.1. The number of aliphatic hydroxyl groups is 2. The molecule has 0 bridgehead atoms. The lowest BCUT2D eigenvalue weighted by Crippen LogP contribution is -2.45. The van der Waals surface area contributed by atoms with Crippen LogP contribution in [0.25, 0.3) is 0 Å². The van der Waals surface area contributed by atoms with E-state index in [2.05, 4.69) is 19.2 Å². The van der Waals surface area contributed by atoms with Gasteiger partial charge in [-0.3, -0.25) is 4.79 Å². The number of hydrogen-bond acceptors (Lipinski definition) is 3. The Balaban J connectivity index is 3.53. The van der Waals surface area contributed by atoms with Crippen molar-refractivity contribution >= 4 is 5.91 Å². The first kappa shape index (κ1) is 46.1. The Labute approximate surface area is 295 Å². The van der Waals surface area contributed by atoms with Crippen molar-refractivity contribution in [3.8, 4) is 0 Å². The molecule has 0 fully saturated rings. The molecular formula is C43H85NO3. The molecule has 0 saturated heterocycles. The molecule has 47 heavy (non-hydrogen) atoms. The fourth-order valence-electron chi connectivity index (χ4n) is 6.71. The van der Waals surface area contributed by atoms with Crippen molar-refractivity contribution in [3.63, 3.8) is 0 Å². The predicted molar refractivity (Wildman–Crippen MR) is 207 cm³/mol. The maximum absolute atomic E-state index is 12.4. The van der Waals surface area contributed by atoms with E-state index < -0.39 is 12.1 Å². The lowest BCUT2D eigenvalue weighted by Gasteiger charge is -2.20. The van der Waals surface area contributed by atoms with Crippen LogP contribution in [0.4, 0.5) is 0 Å². The fraction of sp³-hybridized carbons (Fsp3) is 0.930. The molecule has 0 heterocycles. The van der Waals surface area contributed by atoms with Crippen molar-refractivity contribution in [1.82, 2.24) is 5.32 Å². The lowest BCUT2D eigenvalue weighted by atomic mass is 10.0. The molecule has 0 spiro atoms. The number of carbonyl (C=O) groups is 1. The summed E-state index contributed by atoms with van der Waals surface area (Å²) < 4.78 is 0. The summed E-state index contributed by atoms with van der Waals surface area (Å²) in [6, 6.07) is -0.615. The van der Waals surface area contributed by atoms with Crippen LogP contribution in [0.5, 0.6) is 0 Å². The van der Waals surface area contributed by atoms with E-state index >= 15 is 0 Å². The fourth-order valence-corrected chi connectivity index (χ4v) is 6.71. The second-order valence-electron chi connectivity index (χ2n) is 14.8. The summed E-state index contributed by atoms with van der Waals surface area (Å²) in [7, 11) is 0. The number of amides is 1. The highest BCUT2D eigenvalue weighted by Gasteiger charge is 2.17. The van der Waals surface area contributed by atoms with E-state index in [1.54, 1.807) is 6.08 Å². The van der Waals surface area contributed by atoms with E-state index in [1.807, 2.05) is 6.08 Å². The molecule has 0 rings (SSSR count). The number of hydrogen-bond donors (Lipinski definition) is 3. The van der Waals surface area contributed by atoms with E-state index in [-0.39, 0.29) is 12.5 Å². The van der Waals surface area contributed by atoms with Crippen LogP contribution in [0.1, 0.15) is 239 Å². The third-order valence-electron chi connectivity index (χ3n) is 10.0. The third-order valence-corrected chi connectivity index (χ3v) is 10.0. The normalized spacial score (nSPS) is 13.0. The predicted octanol–water partition coefficient (Wildman–Crippen LogP) is 13.1. The van der Waals surface area contributed by atoms with Crippen molar-refractivity contribution in [3.05, 3.63) is 12.2 Å². The summed E-state index contributed by atoms with van der Waals surface area (Å²) in [4.78, 5) is 12.4. The number of rotatable bonds is 39. The topological polar surface area (TPSA) is 69.6 Å². The molecule has 0 aromatic carbocycles. The minimum Gasteiger partial charge on any atom is -0.394 e. The highest BCUT2D eigenvalue weighted by Crippen LogP contribution is 2.16. The third kappa shape index (κ3) is 36.2. The Morgan fingerprint density at radius 1 is 0.489 bits per heavy atom. The molecule has 0 saturated carbocycles. The monoisotopic (exact) mass is 664 g/mol. The number of nitrogens with one attached hydrogen (secondary N) is 1. The Hall–Kier alpha value is -0.870. The first-order chi connectivity index (χ1) is 23.2. The molecule has 0 radical (unpaired) electrons. The van der Waals surface area contributed by atoms with Gasteiger partial charge in [-0.15, -0.1) is 0 Å². The summed E-state index contributed by atoms with van der Waals surface area (Å²) in [6.07, 6.45) is 48.8. The quantitative estimate of drug-likeness (QED) is 0.0453. The lowest BCUT2D eigenvalue weighted by molar-refractivity contribution is -0.123. The van der Waals surface area contributed by atoms with Gasteiger partial charge in [0.25, 0.3) is 0 Å². The van der Waals surface area contributed by atoms with Gasteiger partial charge in [0.15, 0.2) is 0 Å². The first-order valence-electron chi connectivity index (χ1n) is 21.4. The highest BCUT2D eigenvalue weighted by molar-refractivity contribution is 5.76. The van der Waals surface area contributed by atoms with Crippen LogP contribution in [-0.2, 0) is 4.79 Å². The van der Waals surface area contributed by atoms with Gasteiger partial charge in [-0.2, -0.15) is 0 Å². The largest absolute Gasteiger partial charge is 0.394 e. The number of allylic oxidation sites excluding steroid dienone is 1. The van der Waals surface area contributed by atoms with Crippen LogP contribution in [0.3, 0.4) is 0 Å². The first-order valence-corrected chi connectivity index (χ1v) is 21.4. The maximum Gasteiger partial charge on any atom is 0.220 e. The molecule has 4 heteroatoms. The zero-order chi connectivity index (χ0) is 34.3. The summed E-state index contributed by atoms with van der Waals surface area (Å²) in [5.74, 6) is -0.0605. The standard InChI is InChI=1S/C43H85NO3/c1-3-5-7-9-11-13-15-17-19-20-21-22-23-25-26-28-30-32-34-36-38-42(46)41(40-45)44-43(47)39-37-35-33-31-29-27-24-18-16-14-12-10-8-6-4-2/h36,38,41-42,45-46H,3-35,37,39-40H2,1-2H3,(H,44,47)/b38-36+. The van der Waals surface area contributed by atoms with Crippen LogP contribution in [0.15, 0.2) is 12.2 Å². The van der Waals surface area contributed by atoms with Gasteiger partial charge in [-0.25, -0.2) is 0 Å². The van der Waals surface area contributed by atoms with Gasteiger partial charge in [-0.05, 0) is 19.3 Å². The molecule has 0 aliphatic heterocycles. The van der Waals surface area contributed by atoms with E-state index in [1.165, 1.54) is 193 Å². The molecular weight excluding hydrogens is 578 g/mol. The molecule has 3 N–H and O–H groups in total. The van der Waals surface area contributed by atoms with Crippen LogP contribution in [0.2, 0.25) is 0 Å². The Bertz CT molecular complexity index is 637. The molecule has 2 unspecified atom stereocenters. The SMILES string of the molecule is CCCCCCCCCCCCCCCCCCCC/C=C/C(O)C(CO)NC(=O)CCCCCCCCCCCCCCCCC. The van der Waals surface area contributed by atoms with Crippen molar-refractivity contribution in [2.45, 2.75) is 251 Å². The minimum atomic E-state index is -0.833. The van der Waals surface area contributed by atoms with Gasteiger partial charge >= 0.3 is 0 Å². The molecule has 0 aliphatic rings. The van der Waals surface area contributed by atoms with Crippen molar-refractivity contribution < 1.29 is 15.0 Å². The highest BCUT2D eigenvalue weighted by atomic mass is 16.3. The molecule has 280 valence electrons. The zero-order valence-corrected chi connectivity index (χ0v) is 32.1. The minimum absolute atomic E-state index is 0.0605. The van der Waals surface area contributed by atoms with E-state index in [0.29, 0.717) is 6.42 Å². The van der Waals surface area contributed by atoms with Crippen LogP contribution in [-0.4, -0.2) is 34.9 Å². The van der Waals surface area contributed by atoms with Crippen molar-refractivity contribution in [1.29, 1.82) is 0 Å². The Kier molecular flexibility index (Phi) is 38.8. The van der Waals surface area contributed by atoms with Crippen molar-refractivity contribution in [2.75, 3.05) is 6.61 Å². The molecule has 2 atom stereocenters. The Morgan fingerprint density at radius 2 is 0.787 bits per heavy atom. The van der Waals surface area contributed by atoms with Crippen LogP contribution in [0, 0.1) is 0 Å². The molecule has 0 aliphatic carbocycles. The summed E-state index contributed by atoms with van der Waals surface area (Å²) in [5, 5.41) is 23.0. The molecule has 0 aromatic rings. The van der Waals surface area contributed by atoms with E-state index in [9.17, 15) is 15.0 Å². The average Bonchev–Trinajstić information content (AvgIpc) is 3.07. The molecule has 4 nitrogen and oxygen atoms in total. The van der Waals surface area contributed by atoms with Gasteiger partial charge in [-0.1, -0.05) is 225 Å². The second-order valence-corrected chi connectivity index (χ2v) is 14.8. The van der Waals surface area contributed by atoms with E-state index in [0.717, 1.165) is 25.7 Å². The summed E-state index contributed by atoms with van der Waals surface area (Å²) in [6.45, 7) is 4.32. The summed E-state index contributed by atoms with van der Waals surface area (Å²) in [5.41, 5.74) is 0. The Morgan fingerprint density at radius 3 is 1.11 bits per heavy atom. The molecule has 0 aromatic heterocycles. The van der Waals surface area contributed by atoms with Gasteiger partial charge in [0.2, 0.25) is 5.91 Å². The van der Waals surface area contributed by atoms with Crippen LogP contribution >= 0.6 is 0 Å². The maximum atomic E-state index is 12.4. The average molecular weight is 664 g/mol. The number of unbranched alkanes of at least 4 members (excludes halogenated alkanes) is 32. The number of carbonyl (C=O) groups excluding carboxylic acids is 1. The second kappa shape index (κ2) is 39.6. The van der Waals surface area contributed by atoms with Gasteiger partial charge in [0.05, 0.1) is 18.8 Å². The van der Waals surface area contributed by atoms with Gasteiger partial charge in [0.1, 0.15) is 0 Å². The number of aliphatic hydroxyl groups excluding tert-OH is 2. The summed E-state index contributed by atoms with van der Waals surface area (Å²) >= 11 is 0. The van der Waals surface area contributed by atoms with Gasteiger partial charge in [0, 0.05) is 6.42 Å². The smallest absolute Gasteiger partial charge is 0.220 e.